The number of rotatable bonds is 3. The van der Waals surface area contributed by atoms with Gasteiger partial charge in [0.25, 0.3) is 10.0 Å². The molecule has 0 radical (unpaired) electrons. The number of nitrogens with one attached hydrogen (secondary N) is 1. The summed E-state index contributed by atoms with van der Waals surface area (Å²) < 4.78 is 27.7. The van der Waals surface area contributed by atoms with Crippen LogP contribution in [-0.2, 0) is 21.2 Å². The third-order valence-corrected chi connectivity index (χ3v) is 6.53. The van der Waals surface area contributed by atoms with E-state index in [2.05, 4.69) is 5.32 Å². The lowest BCUT2D eigenvalue weighted by Gasteiger charge is -2.31. The van der Waals surface area contributed by atoms with Crippen molar-refractivity contribution in [1.82, 2.24) is 0 Å². The van der Waals surface area contributed by atoms with E-state index in [1.807, 2.05) is 45.9 Å². The van der Waals surface area contributed by atoms with Crippen molar-refractivity contribution in [3.05, 3.63) is 53.6 Å². The van der Waals surface area contributed by atoms with Crippen molar-refractivity contribution >= 4 is 27.3 Å². The van der Waals surface area contributed by atoms with Crippen LogP contribution in [0.1, 0.15) is 38.3 Å². The number of carbonyl (C=O) groups is 1. The van der Waals surface area contributed by atoms with E-state index < -0.39 is 15.4 Å². The van der Waals surface area contributed by atoms with Crippen molar-refractivity contribution < 1.29 is 13.2 Å². The van der Waals surface area contributed by atoms with Gasteiger partial charge in [0.15, 0.2) is 0 Å². The number of benzene rings is 2. The Balaban J connectivity index is 1.93. The molecule has 0 saturated heterocycles. The van der Waals surface area contributed by atoms with Gasteiger partial charge in [-0.25, -0.2) is 8.42 Å². The van der Waals surface area contributed by atoms with Gasteiger partial charge in [-0.1, -0.05) is 38.5 Å². The monoisotopic (exact) mass is 386 g/mol. The number of nitrogens with zero attached hydrogens (tertiary/aromatic N) is 1. The molecule has 144 valence electrons. The number of fused-ring (bicyclic) bond motifs is 1. The largest absolute Gasteiger partial charge is 0.326 e. The standard InChI is InChI=1S/C21H26N2O3S/c1-15-7-10-18(11-8-15)27(25,26)23-13-5-6-16-14-17(9-12-19(16)23)22-20(24)21(2,3)4/h7-12,14H,5-6,13H2,1-4H3,(H,22,24). The highest BCUT2D eigenvalue weighted by Crippen LogP contribution is 2.34. The van der Waals surface area contributed by atoms with Gasteiger partial charge in [-0.2, -0.15) is 0 Å². The Kier molecular flexibility index (Phi) is 5.04. The van der Waals surface area contributed by atoms with Gasteiger partial charge in [-0.3, -0.25) is 9.10 Å². The second kappa shape index (κ2) is 7.00. The zero-order chi connectivity index (χ0) is 19.8. The van der Waals surface area contributed by atoms with Gasteiger partial charge >= 0.3 is 0 Å². The van der Waals surface area contributed by atoms with Crippen molar-refractivity contribution in [2.24, 2.45) is 5.41 Å². The maximum atomic E-state index is 13.1. The van der Waals surface area contributed by atoms with Crippen LogP contribution in [0.2, 0.25) is 0 Å². The first kappa shape index (κ1) is 19.4. The Morgan fingerprint density at radius 1 is 1.07 bits per heavy atom. The zero-order valence-electron chi connectivity index (χ0n) is 16.2. The molecule has 27 heavy (non-hydrogen) atoms. The highest BCUT2D eigenvalue weighted by Gasteiger charge is 2.29. The van der Waals surface area contributed by atoms with E-state index in [0.29, 0.717) is 22.8 Å². The van der Waals surface area contributed by atoms with Crippen LogP contribution in [-0.4, -0.2) is 20.9 Å². The average Bonchev–Trinajstić information content (AvgIpc) is 2.60. The molecule has 2 aromatic rings. The Morgan fingerprint density at radius 3 is 2.37 bits per heavy atom. The van der Waals surface area contributed by atoms with E-state index in [9.17, 15) is 13.2 Å². The smallest absolute Gasteiger partial charge is 0.264 e. The Labute approximate surface area is 161 Å². The number of hydrogen-bond acceptors (Lipinski definition) is 3. The van der Waals surface area contributed by atoms with Gasteiger partial charge in [0.2, 0.25) is 5.91 Å². The van der Waals surface area contributed by atoms with Crippen LogP contribution in [0.4, 0.5) is 11.4 Å². The van der Waals surface area contributed by atoms with Crippen LogP contribution in [0.15, 0.2) is 47.4 Å². The first-order chi connectivity index (χ1) is 12.6. The minimum absolute atomic E-state index is 0.0672. The minimum atomic E-state index is -3.61. The third-order valence-electron chi connectivity index (χ3n) is 4.70. The van der Waals surface area contributed by atoms with E-state index in [0.717, 1.165) is 24.0 Å². The number of carbonyl (C=O) groups excluding carboxylic acids is 1. The van der Waals surface area contributed by atoms with Crippen molar-refractivity contribution in [3.63, 3.8) is 0 Å². The summed E-state index contributed by atoms with van der Waals surface area (Å²) in [6, 6.07) is 12.4. The molecule has 1 N–H and O–H groups in total. The maximum Gasteiger partial charge on any atom is 0.264 e. The number of anilines is 2. The highest BCUT2D eigenvalue weighted by molar-refractivity contribution is 7.92. The first-order valence-electron chi connectivity index (χ1n) is 9.13. The van der Waals surface area contributed by atoms with Crippen LogP contribution in [0, 0.1) is 12.3 Å². The molecular formula is C21H26N2O3S. The number of amides is 1. The quantitative estimate of drug-likeness (QED) is 0.863. The first-order valence-corrected chi connectivity index (χ1v) is 10.6. The van der Waals surface area contributed by atoms with E-state index in [4.69, 9.17) is 0 Å². The predicted octanol–water partition coefficient (Wildman–Crippen LogP) is 4.12. The van der Waals surface area contributed by atoms with Crippen molar-refractivity contribution in [1.29, 1.82) is 0 Å². The molecule has 1 heterocycles. The molecule has 2 aromatic carbocycles. The van der Waals surface area contributed by atoms with Gasteiger partial charge in [0.1, 0.15) is 0 Å². The third kappa shape index (κ3) is 4.00. The molecule has 0 bridgehead atoms. The predicted molar refractivity (Wildman–Crippen MR) is 109 cm³/mol. The summed E-state index contributed by atoms with van der Waals surface area (Å²) in [5, 5.41) is 2.92. The number of aryl methyl sites for hydroxylation is 2. The van der Waals surface area contributed by atoms with E-state index in [-0.39, 0.29) is 5.91 Å². The summed E-state index contributed by atoms with van der Waals surface area (Å²) in [6.45, 7) is 7.96. The van der Waals surface area contributed by atoms with Gasteiger partial charge in [0, 0.05) is 17.6 Å². The normalized spacial score (nSPS) is 14.6. The second-order valence-electron chi connectivity index (χ2n) is 8.04. The number of sulfonamides is 1. The molecule has 0 unspecified atom stereocenters. The summed E-state index contributed by atoms with van der Waals surface area (Å²) in [7, 11) is -3.61. The molecule has 0 aliphatic carbocycles. The van der Waals surface area contributed by atoms with E-state index in [1.165, 1.54) is 4.31 Å². The molecule has 0 spiro atoms. The minimum Gasteiger partial charge on any atom is -0.326 e. The maximum absolute atomic E-state index is 13.1. The summed E-state index contributed by atoms with van der Waals surface area (Å²) in [4.78, 5) is 12.5. The fourth-order valence-corrected chi connectivity index (χ4v) is 4.59. The summed E-state index contributed by atoms with van der Waals surface area (Å²) in [5.74, 6) is -0.0672. The van der Waals surface area contributed by atoms with Crippen LogP contribution < -0.4 is 9.62 Å². The van der Waals surface area contributed by atoms with E-state index >= 15 is 0 Å². The topological polar surface area (TPSA) is 66.5 Å². The molecule has 1 aliphatic rings. The highest BCUT2D eigenvalue weighted by atomic mass is 32.2. The molecule has 1 aliphatic heterocycles. The van der Waals surface area contributed by atoms with Gasteiger partial charge < -0.3 is 5.32 Å². The van der Waals surface area contributed by atoms with Crippen LogP contribution in [0.5, 0.6) is 0 Å². The average molecular weight is 387 g/mol. The fraction of sp³-hybridized carbons (Fsp3) is 0.381. The van der Waals surface area contributed by atoms with Gasteiger partial charge in [-0.15, -0.1) is 0 Å². The Morgan fingerprint density at radius 2 is 1.74 bits per heavy atom. The Hall–Kier alpha value is -2.34. The van der Waals surface area contributed by atoms with Crippen molar-refractivity contribution in [2.75, 3.05) is 16.2 Å². The molecule has 6 heteroatoms. The molecule has 0 saturated carbocycles. The zero-order valence-corrected chi connectivity index (χ0v) is 17.1. The van der Waals surface area contributed by atoms with Crippen LogP contribution in [0.25, 0.3) is 0 Å². The Bertz CT molecular complexity index is 958. The SMILES string of the molecule is Cc1ccc(S(=O)(=O)N2CCCc3cc(NC(=O)C(C)(C)C)ccc32)cc1. The molecule has 3 rings (SSSR count). The lowest BCUT2D eigenvalue weighted by molar-refractivity contribution is -0.123. The summed E-state index contributed by atoms with van der Waals surface area (Å²) in [5.41, 5.74) is 2.85. The van der Waals surface area contributed by atoms with Crippen LogP contribution >= 0.6 is 0 Å². The second-order valence-corrected chi connectivity index (χ2v) is 9.90. The van der Waals surface area contributed by atoms with E-state index in [1.54, 1.807) is 24.3 Å². The van der Waals surface area contributed by atoms with Gasteiger partial charge in [0.05, 0.1) is 10.6 Å². The lowest BCUT2D eigenvalue weighted by atomic mass is 9.95. The van der Waals surface area contributed by atoms with Crippen LogP contribution in [0.3, 0.4) is 0 Å². The molecule has 0 aromatic heterocycles. The van der Waals surface area contributed by atoms with Crippen molar-refractivity contribution in [3.8, 4) is 0 Å². The summed E-state index contributed by atoms with van der Waals surface area (Å²) in [6.07, 6.45) is 1.53. The molecule has 0 atom stereocenters. The summed E-state index contributed by atoms with van der Waals surface area (Å²) >= 11 is 0. The number of hydrogen-bond donors (Lipinski definition) is 1. The van der Waals surface area contributed by atoms with Crippen molar-refractivity contribution in [2.45, 2.75) is 45.4 Å². The molecular weight excluding hydrogens is 360 g/mol. The fourth-order valence-electron chi connectivity index (χ4n) is 3.05. The molecule has 0 fully saturated rings. The van der Waals surface area contributed by atoms with Gasteiger partial charge in [-0.05, 0) is 55.7 Å². The lowest BCUT2D eigenvalue weighted by Crippen LogP contribution is -2.35. The molecule has 5 nitrogen and oxygen atoms in total. The molecule has 1 amide bonds.